The van der Waals surface area contributed by atoms with Crippen molar-refractivity contribution >= 4 is 11.0 Å². The van der Waals surface area contributed by atoms with Gasteiger partial charge in [0.05, 0.1) is 28.0 Å². The number of aromatic nitrogens is 3. The molecule has 0 aliphatic carbocycles. The Morgan fingerprint density at radius 3 is 1.81 bits per heavy atom. The molecule has 0 radical (unpaired) electrons. The van der Waals surface area contributed by atoms with E-state index in [2.05, 4.69) is 165 Å². The standard InChI is InChI=1S/C50H53N3O/c1-31(2)40-28-34(33-17-12-11-13-18-33)29-41(32(3)4)47(40)53-44-21-16-19-39(46(44)52-48(53)42-30-37(49(5,6)7)22-23-45(42)54)35-25-36(43-20-14-15-24-51-43)27-38(26-35)50(8,9)10/h11-32,54H,1-10H3. The molecule has 2 heterocycles. The molecular weight excluding hydrogens is 659 g/mol. The lowest BCUT2D eigenvalue weighted by molar-refractivity contribution is 0.475. The largest absolute Gasteiger partial charge is 0.507 e. The van der Waals surface area contributed by atoms with Crippen molar-refractivity contribution in [3.05, 3.63) is 144 Å². The molecule has 54 heavy (non-hydrogen) atoms. The summed E-state index contributed by atoms with van der Waals surface area (Å²) in [7, 11) is 0. The lowest BCUT2D eigenvalue weighted by Crippen LogP contribution is -2.12. The number of aromatic hydroxyl groups is 1. The topological polar surface area (TPSA) is 50.9 Å². The highest BCUT2D eigenvalue weighted by atomic mass is 16.3. The molecule has 2 aromatic heterocycles. The van der Waals surface area contributed by atoms with E-state index < -0.39 is 0 Å². The molecular formula is C50H53N3O. The molecule has 1 N–H and O–H groups in total. The number of para-hydroxylation sites is 1. The van der Waals surface area contributed by atoms with Gasteiger partial charge in [0.25, 0.3) is 0 Å². The normalized spacial score (nSPS) is 12.3. The number of hydrogen-bond donors (Lipinski definition) is 1. The molecule has 274 valence electrons. The van der Waals surface area contributed by atoms with Crippen LogP contribution in [0.1, 0.15) is 103 Å². The number of nitrogens with zero attached hydrogens (tertiary/aromatic N) is 3. The van der Waals surface area contributed by atoms with E-state index in [0.717, 1.165) is 56.1 Å². The maximum Gasteiger partial charge on any atom is 0.149 e. The molecule has 0 spiro atoms. The van der Waals surface area contributed by atoms with Gasteiger partial charge in [-0.15, -0.1) is 0 Å². The fourth-order valence-electron chi connectivity index (χ4n) is 7.43. The highest BCUT2D eigenvalue weighted by molar-refractivity contribution is 5.97. The van der Waals surface area contributed by atoms with E-state index in [1.165, 1.54) is 27.8 Å². The first-order chi connectivity index (χ1) is 25.6. The minimum Gasteiger partial charge on any atom is -0.507 e. The van der Waals surface area contributed by atoms with Gasteiger partial charge in [-0.2, -0.15) is 0 Å². The third kappa shape index (κ3) is 6.98. The summed E-state index contributed by atoms with van der Waals surface area (Å²) < 4.78 is 2.34. The number of phenolic OH excluding ortho intramolecular Hbond substituents is 1. The van der Waals surface area contributed by atoms with Gasteiger partial charge < -0.3 is 5.11 Å². The third-order valence-corrected chi connectivity index (χ3v) is 10.6. The number of hydrogen-bond acceptors (Lipinski definition) is 3. The second-order valence-corrected chi connectivity index (χ2v) is 17.4. The smallest absolute Gasteiger partial charge is 0.149 e. The van der Waals surface area contributed by atoms with Gasteiger partial charge in [-0.25, -0.2) is 4.98 Å². The van der Waals surface area contributed by atoms with E-state index in [9.17, 15) is 5.11 Å². The Morgan fingerprint density at radius 1 is 0.556 bits per heavy atom. The van der Waals surface area contributed by atoms with Gasteiger partial charge in [0, 0.05) is 17.3 Å². The Balaban J connectivity index is 1.61. The molecule has 0 fully saturated rings. The lowest BCUT2D eigenvalue weighted by atomic mass is 9.83. The van der Waals surface area contributed by atoms with Crippen molar-refractivity contribution in [3.8, 4) is 56.3 Å². The fourth-order valence-corrected chi connectivity index (χ4v) is 7.43. The van der Waals surface area contributed by atoms with Crippen LogP contribution >= 0.6 is 0 Å². The molecule has 0 saturated carbocycles. The fraction of sp³-hybridized carbons (Fsp3) is 0.280. The van der Waals surface area contributed by atoms with Crippen LogP contribution in [0.15, 0.2) is 121 Å². The molecule has 0 unspecified atom stereocenters. The SMILES string of the molecule is CC(C)c1cc(-c2ccccc2)cc(C(C)C)c1-n1c(-c2cc(C(C)(C)C)ccc2O)nc2c(-c3cc(-c4ccccn4)cc(C(C)(C)C)c3)cccc21. The zero-order valence-electron chi connectivity index (χ0n) is 33.5. The first kappa shape index (κ1) is 36.9. The molecule has 0 aliphatic rings. The van der Waals surface area contributed by atoms with Gasteiger partial charge in [-0.05, 0) is 116 Å². The number of rotatable bonds is 7. The van der Waals surface area contributed by atoms with Gasteiger partial charge in [0.2, 0.25) is 0 Å². The highest BCUT2D eigenvalue weighted by Gasteiger charge is 2.27. The molecule has 0 aliphatic heterocycles. The van der Waals surface area contributed by atoms with Gasteiger partial charge in [0.1, 0.15) is 11.6 Å². The van der Waals surface area contributed by atoms with E-state index >= 15 is 0 Å². The van der Waals surface area contributed by atoms with Crippen molar-refractivity contribution in [1.29, 1.82) is 0 Å². The third-order valence-electron chi connectivity index (χ3n) is 10.6. The Labute approximate surface area is 321 Å². The number of imidazole rings is 1. The lowest BCUT2D eigenvalue weighted by Gasteiger charge is -2.25. The van der Waals surface area contributed by atoms with Gasteiger partial charge in [-0.1, -0.05) is 130 Å². The molecule has 4 heteroatoms. The second kappa shape index (κ2) is 14.1. The first-order valence-electron chi connectivity index (χ1n) is 19.3. The van der Waals surface area contributed by atoms with Crippen molar-refractivity contribution < 1.29 is 5.11 Å². The Hall–Kier alpha value is -5.48. The monoisotopic (exact) mass is 711 g/mol. The van der Waals surface area contributed by atoms with Crippen LogP contribution in [0.25, 0.3) is 61.6 Å². The summed E-state index contributed by atoms with van der Waals surface area (Å²) in [6.07, 6.45) is 1.85. The van der Waals surface area contributed by atoms with E-state index in [1.807, 2.05) is 30.5 Å². The first-order valence-corrected chi connectivity index (χ1v) is 19.3. The van der Waals surface area contributed by atoms with Crippen LogP contribution in [0.4, 0.5) is 0 Å². The Bertz CT molecular complexity index is 2430. The zero-order valence-corrected chi connectivity index (χ0v) is 33.5. The van der Waals surface area contributed by atoms with Crippen molar-refractivity contribution in [2.45, 2.75) is 91.9 Å². The van der Waals surface area contributed by atoms with Crippen LogP contribution in [0.2, 0.25) is 0 Å². The molecule has 0 atom stereocenters. The van der Waals surface area contributed by atoms with Crippen LogP contribution in [0.3, 0.4) is 0 Å². The average molecular weight is 712 g/mol. The second-order valence-electron chi connectivity index (χ2n) is 17.4. The van der Waals surface area contributed by atoms with Crippen molar-refractivity contribution in [1.82, 2.24) is 14.5 Å². The van der Waals surface area contributed by atoms with E-state index in [1.54, 1.807) is 0 Å². The zero-order chi connectivity index (χ0) is 38.5. The van der Waals surface area contributed by atoms with Crippen molar-refractivity contribution in [2.75, 3.05) is 0 Å². The van der Waals surface area contributed by atoms with E-state index in [4.69, 9.17) is 9.97 Å². The molecule has 7 aromatic rings. The van der Waals surface area contributed by atoms with Crippen LogP contribution in [-0.4, -0.2) is 19.6 Å². The number of pyridine rings is 1. The summed E-state index contributed by atoms with van der Waals surface area (Å²) in [6.45, 7) is 22.5. The summed E-state index contributed by atoms with van der Waals surface area (Å²) in [5.74, 6) is 1.38. The molecule has 7 rings (SSSR count). The van der Waals surface area contributed by atoms with Crippen LogP contribution < -0.4 is 0 Å². The summed E-state index contributed by atoms with van der Waals surface area (Å²) in [5.41, 5.74) is 14.9. The molecule has 0 bridgehead atoms. The van der Waals surface area contributed by atoms with E-state index in [0.29, 0.717) is 0 Å². The average Bonchev–Trinajstić information content (AvgIpc) is 3.53. The van der Waals surface area contributed by atoms with Crippen molar-refractivity contribution in [3.63, 3.8) is 0 Å². The molecule has 0 saturated heterocycles. The maximum atomic E-state index is 11.7. The predicted octanol–water partition coefficient (Wildman–Crippen LogP) is 13.6. The molecule has 4 nitrogen and oxygen atoms in total. The van der Waals surface area contributed by atoms with Gasteiger partial charge in [-0.3, -0.25) is 9.55 Å². The summed E-state index contributed by atoms with van der Waals surface area (Å²) in [6, 6.07) is 40.8. The van der Waals surface area contributed by atoms with Crippen molar-refractivity contribution in [2.24, 2.45) is 0 Å². The summed E-state index contributed by atoms with van der Waals surface area (Å²) in [5, 5.41) is 11.7. The van der Waals surface area contributed by atoms with E-state index in [-0.39, 0.29) is 28.4 Å². The van der Waals surface area contributed by atoms with Crippen LogP contribution in [0.5, 0.6) is 5.75 Å². The Morgan fingerprint density at radius 2 is 1.20 bits per heavy atom. The number of benzene rings is 5. The summed E-state index contributed by atoms with van der Waals surface area (Å²) >= 11 is 0. The highest BCUT2D eigenvalue weighted by Crippen LogP contribution is 2.44. The van der Waals surface area contributed by atoms with Gasteiger partial charge >= 0.3 is 0 Å². The minimum absolute atomic E-state index is 0.0873. The van der Waals surface area contributed by atoms with Crippen LogP contribution in [-0.2, 0) is 10.8 Å². The minimum atomic E-state index is -0.122. The number of fused-ring (bicyclic) bond motifs is 1. The molecule has 0 amide bonds. The maximum absolute atomic E-state index is 11.7. The Kier molecular flexibility index (Phi) is 9.60. The summed E-state index contributed by atoms with van der Waals surface area (Å²) in [4.78, 5) is 10.3. The quantitative estimate of drug-likeness (QED) is 0.179. The van der Waals surface area contributed by atoms with Crippen LogP contribution in [0, 0.1) is 0 Å². The predicted molar refractivity (Wildman–Crippen MR) is 228 cm³/mol. The number of phenols is 1. The van der Waals surface area contributed by atoms with Gasteiger partial charge in [0.15, 0.2) is 0 Å². The molecule has 5 aromatic carbocycles.